The highest BCUT2D eigenvalue weighted by atomic mass is 16.3. The Morgan fingerprint density at radius 2 is 1.80 bits per heavy atom. The number of piperidine rings is 1. The summed E-state index contributed by atoms with van der Waals surface area (Å²) in [7, 11) is 0. The minimum Gasteiger partial charge on any atom is -0.390 e. The van der Waals surface area contributed by atoms with E-state index in [0.29, 0.717) is 59.5 Å². The third-order valence-corrected chi connectivity index (χ3v) is 11.4. The molecule has 0 radical (unpaired) electrons. The van der Waals surface area contributed by atoms with Gasteiger partial charge in [-0.1, -0.05) is 17.3 Å². The highest BCUT2D eigenvalue weighted by molar-refractivity contribution is 6.01. The molecule has 0 bridgehead atoms. The van der Waals surface area contributed by atoms with Gasteiger partial charge in [-0.25, -0.2) is 14.6 Å². The van der Waals surface area contributed by atoms with Crippen LogP contribution in [0.4, 0.5) is 11.4 Å². The molecule has 286 valence electrons. The van der Waals surface area contributed by atoms with E-state index in [9.17, 15) is 25.2 Å². The minimum absolute atomic E-state index is 0.162. The number of piperazine rings is 1. The molecule has 2 amide bonds. The first-order valence-corrected chi connectivity index (χ1v) is 19.1. The Morgan fingerprint density at radius 3 is 2.54 bits per heavy atom. The Hall–Kier alpha value is -6.23. The monoisotopic (exact) mass is 753 g/mol. The first-order valence-electron chi connectivity index (χ1n) is 19.1. The number of benzene rings is 1. The van der Waals surface area contributed by atoms with Gasteiger partial charge in [-0.2, -0.15) is 20.3 Å². The Balaban J connectivity index is 0.853. The number of rotatable bonds is 10. The molecule has 2 saturated heterocycles. The molecule has 2 aliphatic heterocycles. The molecule has 5 aromatic rings. The zero-order valence-corrected chi connectivity index (χ0v) is 31.2. The van der Waals surface area contributed by atoms with E-state index in [4.69, 9.17) is 0 Å². The summed E-state index contributed by atoms with van der Waals surface area (Å²) in [6.45, 7) is 6.21. The van der Waals surface area contributed by atoms with Gasteiger partial charge in [0.25, 0.3) is 0 Å². The maximum absolute atomic E-state index is 12.3. The van der Waals surface area contributed by atoms with Crippen molar-refractivity contribution in [1.82, 2.24) is 45.0 Å². The van der Waals surface area contributed by atoms with Gasteiger partial charge in [-0.3, -0.25) is 19.8 Å². The molecule has 2 atom stereocenters. The predicted octanol–water partition coefficient (Wildman–Crippen LogP) is 3.71. The van der Waals surface area contributed by atoms with E-state index in [1.54, 1.807) is 40.8 Å². The number of carbonyl (C=O) groups excluding carboxylic acids is 2. The number of anilines is 2. The van der Waals surface area contributed by atoms with Crippen LogP contribution in [0.15, 0.2) is 61.2 Å². The largest absolute Gasteiger partial charge is 0.390 e. The summed E-state index contributed by atoms with van der Waals surface area (Å²) in [5.41, 5.74) is 4.45. The first-order chi connectivity index (χ1) is 27.2. The van der Waals surface area contributed by atoms with E-state index in [0.717, 1.165) is 68.9 Å². The van der Waals surface area contributed by atoms with Crippen LogP contribution in [-0.4, -0.2) is 101 Å². The molecule has 6 heterocycles. The van der Waals surface area contributed by atoms with Crippen LogP contribution in [0.3, 0.4) is 0 Å². The second-order valence-corrected chi connectivity index (χ2v) is 15.1. The third kappa shape index (κ3) is 7.66. The topological polar surface area (TPSA) is 207 Å². The molecule has 0 spiro atoms. The van der Waals surface area contributed by atoms with E-state index in [-0.39, 0.29) is 23.7 Å². The van der Waals surface area contributed by atoms with Gasteiger partial charge < -0.3 is 15.3 Å². The average Bonchev–Trinajstić information content (AvgIpc) is 3.89. The molecule has 1 saturated carbocycles. The smallest absolute Gasteiger partial charge is 0.234 e. The first kappa shape index (κ1) is 36.7. The Labute approximate surface area is 323 Å². The highest BCUT2D eigenvalue weighted by Crippen LogP contribution is 2.39. The summed E-state index contributed by atoms with van der Waals surface area (Å²) in [6.07, 6.45) is 11.3. The second-order valence-electron chi connectivity index (χ2n) is 15.1. The van der Waals surface area contributed by atoms with E-state index in [2.05, 4.69) is 70.1 Å². The van der Waals surface area contributed by atoms with Gasteiger partial charge >= 0.3 is 0 Å². The molecular weight excluding hydrogens is 711 g/mol. The fourth-order valence-electron chi connectivity index (χ4n) is 8.07. The summed E-state index contributed by atoms with van der Waals surface area (Å²) in [4.78, 5) is 37.7. The minimum atomic E-state index is -0.721. The summed E-state index contributed by atoms with van der Waals surface area (Å²) >= 11 is 0. The van der Waals surface area contributed by atoms with Crippen LogP contribution >= 0.6 is 0 Å². The van der Waals surface area contributed by atoms with Gasteiger partial charge in [-0.05, 0) is 69.2 Å². The SMILES string of the molecule is C[C@H](C#N)Nc1cc(-n2ncc3cc(C#N)cnc32)ncc1-n1cc(C2CCC(O)(CCN3CCN(c4ccc(C5CCC(=O)NC5=O)cc4)CC3)CC2)nn1. The number of amides is 2. The molecule has 1 unspecified atom stereocenters. The summed E-state index contributed by atoms with van der Waals surface area (Å²) in [5, 5.41) is 50.2. The molecule has 3 aliphatic rings. The maximum atomic E-state index is 12.3. The third-order valence-electron chi connectivity index (χ3n) is 11.4. The number of hydrogen-bond donors (Lipinski definition) is 3. The van der Waals surface area contributed by atoms with Crippen LogP contribution in [0.25, 0.3) is 22.5 Å². The molecule has 3 N–H and O–H groups in total. The lowest BCUT2D eigenvalue weighted by Crippen LogP contribution is -2.48. The van der Waals surface area contributed by atoms with Crippen LogP contribution in [0.1, 0.15) is 80.5 Å². The van der Waals surface area contributed by atoms with Gasteiger partial charge in [-0.15, -0.1) is 5.10 Å². The number of nitrogens with zero attached hydrogens (tertiary/aromatic N) is 11. The van der Waals surface area contributed by atoms with Crippen LogP contribution in [0.2, 0.25) is 0 Å². The van der Waals surface area contributed by atoms with Crippen molar-refractivity contribution in [2.45, 2.75) is 75.3 Å². The van der Waals surface area contributed by atoms with Gasteiger partial charge in [0.15, 0.2) is 11.5 Å². The van der Waals surface area contributed by atoms with Crippen molar-refractivity contribution >= 4 is 34.2 Å². The Bertz CT molecular complexity index is 2320. The standard InChI is InChI=1S/C40H43N13O3/c1-26(20-41)46-33-19-36(53-38-30(23-45-53)18-27(21-42)22-44-38)43-24-35(33)52-25-34(48-49-52)29-8-10-40(56,11-9-29)12-13-50-14-16-51(17-15-50)31-4-2-28(3-5-31)32-6-7-37(54)47-39(32)55/h2-5,18-19,22-26,29,32,56H,6-17H2,1H3,(H,43,46)(H,47,54,55)/t26-,29?,32?,40?/m1/s1. The molecule has 16 nitrogen and oxygen atoms in total. The number of nitrogens with one attached hydrogen (secondary N) is 2. The van der Waals surface area contributed by atoms with Gasteiger partial charge in [0.05, 0.1) is 53.1 Å². The lowest BCUT2D eigenvalue weighted by molar-refractivity contribution is -0.134. The van der Waals surface area contributed by atoms with Crippen molar-refractivity contribution in [3.8, 4) is 23.6 Å². The van der Waals surface area contributed by atoms with Gasteiger partial charge in [0, 0.05) is 68.4 Å². The van der Waals surface area contributed by atoms with Crippen molar-refractivity contribution in [1.29, 1.82) is 10.5 Å². The van der Waals surface area contributed by atoms with E-state index < -0.39 is 11.6 Å². The molecule has 16 heteroatoms. The van der Waals surface area contributed by atoms with Crippen LogP contribution in [0.5, 0.6) is 0 Å². The maximum Gasteiger partial charge on any atom is 0.234 e. The zero-order chi connectivity index (χ0) is 38.8. The van der Waals surface area contributed by atoms with Crippen LogP contribution in [0, 0.1) is 22.7 Å². The van der Waals surface area contributed by atoms with Crippen molar-refractivity contribution < 1.29 is 14.7 Å². The summed E-state index contributed by atoms with van der Waals surface area (Å²) in [5.74, 6) is -0.0407. The number of nitriles is 2. The van der Waals surface area contributed by atoms with Crippen LogP contribution in [-0.2, 0) is 9.59 Å². The Kier molecular flexibility index (Phi) is 10.2. The number of aliphatic hydroxyl groups is 1. The quantitative estimate of drug-likeness (QED) is 0.174. The molecule has 8 rings (SSSR count). The number of fused-ring (bicyclic) bond motifs is 1. The van der Waals surface area contributed by atoms with Crippen molar-refractivity contribution in [2.75, 3.05) is 42.9 Å². The van der Waals surface area contributed by atoms with Crippen molar-refractivity contribution in [2.24, 2.45) is 0 Å². The molecule has 1 aliphatic carbocycles. The lowest BCUT2D eigenvalue weighted by Gasteiger charge is -2.40. The van der Waals surface area contributed by atoms with Gasteiger partial charge in [0.2, 0.25) is 11.8 Å². The number of pyridine rings is 2. The fourth-order valence-corrected chi connectivity index (χ4v) is 8.07. The van der Waals surface area contributed by atoms with E-state index in [1.165, 1.54) is 6.20 Å². The predicted molar refractivity (Wildman–Crippen MR) is 206 cm³/mol. The second kappa shape index (κ2) is 15.5. The van der Waals surface area contributed by atoms with E-state index >= 15 is 0 Å². The molecule has 56 heavy (non-hydrogen) atoms. The summed E-state index contributed by atoms with van der Waals surface area (Å²) < 4.78 is 3.26. The van der Waals surface area contributed by atoms with Gasteiger partial charge in [0.1, 0.15) is 17.8 Å². The highest BCUT2D eigenvalue weighted by Gasteiger charge is 2.35. The fraction of sp³-hybridized carbons (Fsp3) is 0.425. The lowest BCUT2D eigenvalue weighted by atomic mass is 9.76. The number of carbonyl (C=O) groups is 2. The number of hydrogen-bond acceptors (Lipinski definition) is 13. The van der Waals surface area contributed by atoms with Crippen LogP contribution < -0.4 is 15.5 Å². The normalized spacial score (nSPS) is 22.3. The summed E-state index contributed by atoms with van der Waals surface area (Å²) in [6, 6.07) is 15.5. The number of imide groups is 1. The number of aromatic nitrogens is 7. The molecule has 3 fully saturated rings. The van der Waals surface area contributed by atoms with Crippen molar-refractivity contribution in [3.63, 3.8) is 0 Å². The van der Waals surface area contributed by atoms with Crippen molar-refractivity contribution in [3.05, 3.63) is 78.0 Å². The zero-order valence-electron chi connectivity index (χ0n) is 31.2. The molecular formula is C40H43N13O3. The molecule has 1 aromatic carbocycles. The Morgan fingerprint density at radius 1 is 1.02 bits per heavy atom. The van der Waals surface area contributed by atoms with E-state index in [1.807, 2.05) is 18.3 Å². The molecule has 4 aromatic heterocycles. The average molecular weight is 754 g/mol.